The van der Waals surface area contributed by atoms with E-state index in [-0.39, 0.29) is 5.78 Å². The Kier molecular flexibility index (Phi) is 4.42. The average Bonchev–Trinajstić information content (AvgIpc) is 2.45. The second-order valence-electron chi connectivity index (χ2n) is 3.94. The quantitative estimate of drug-likeness (QED) is 0.612. The van der Waals surface area contributed by atoms with Crippen LogP contribution >= 0.6 is 22.6 Å². The monoisotopic (exact) mass is 368 g/mol. The molecule has 0 spiro atoms. The lowest BCUT2D eigenvalue weighted by atomic mass is 10.0. The minimum atomic E-state index is -0.0456. The zero-order valence-electron chi connectivity index (χ0n) is 10.6. The van der Waals surface area contributed by atoms with Crippen molar-refractivity contribution in [3.63, 3.8) is 0 Å². The average molecular weight is 368 g/mol. The summed E-state index contributed by atoms with van der Waals surface area (Å²) in [5.74, 6) is 1.16. The van der Waals surface area contributed by atoms with Crippen LogP contribution in [-0.4, -0.2) is 20.0 Å². The number of ether oxygens (including phenoxy) is 2. The summed E-state index contributed by atoms with van der Waals surface area (Å²) < 4.78 is 11.4. The fourth-order valence-corrected chi connectivity index (χ4v) is 2.28. The van der Waals surface area contributed by atoms with Crippen LogP contribution in [-0.2, 0) is 0 Å². The summed E-state index contributed by atoms with van der Waals surface area (Å²) in [6.07, 6.45) is 0. The van der Waals surface area contributed by atoms with Crippen LogP contribution in [0.1, 0.15) is 15.9 Å². The van der Waals surface area contributed by atoms with Crippen molar-refractivity contribution >= 4 is 28.4 Å². The first-order valence-corrected chi connectivity index (χ1v) is 6.75. The van der Waals surface area contributed by atoms with Gasteiger partial charge in [-0.3, -0.25) is 4.79 Å². The number of ketones is 1. The minimum Gasteiger partial charge on any atom is -0.497 e. The molecular formula is C15H13IO3. The first-order chi connectivity index (χ1) is 9.13. The first kappa shape index (κ1) is 13.9. The molecule has 0 atom stereocenters. The van der Waals surface area contributed by atoms with Crippen molar-refractivity contribution in [3.8, 4) is 11.5 Å². The number of rotatable bonds is 4. The molecule has 19 heavy (non-hydrogen) atoms. The summed E-state index contributed by atoms with van der Waals surface area (Å²) in [5, 5.41) is 0. The molecule has 0 N–H and O–H groups in total. The number of hydrogen-bond acceptors (Lipinski definition) is 3. The summed E-state index contributed by atoms with van der Waals surface area (Å²) in [4.78, 5) is 12.4. The Hall–Kier alpha value is -1.56. The third kappa shape index (κ3) is 3.26. The van der Waals surface area contributed by atoms with E-state index in [1.54, 1.807) is 38.5 Å². The molecule has 0 aliphatic heterocycles. The Balaban J connectivity index is 2.43. The minimum absolute atomic E-state index is 0.0456. The molecule has 0 saturated heterocycles. The molecular weight excluding hydrogens is 355 g/mol. The van der Waals surface area contributed by atoms with E-state index < -0.39 is 0 Å². The highest BCUT2D eigenvalue weighted by atomic mass is 127. The molecule has 3 nitrogen and oxygen atoms in total. The predicted molar refractivity (Wildman–Crippen MR) is 82.1 cm³/mol. The molecule has 0 heterocycles. The van der Waals surface area contributed by atoms with E-state index in [9.17, 15) is 4.79 Å². The number of benzene rings is 2. The maximum atomic E-state index is 12.4. The molecule has 0 fully saturated rings. The maximum absolute atomic E-state index is 12.4. The molecule has 0 bridgehead atoms. The van der Waals surface area contributed by atoms with Gasteiger partial charge in [-0.15, -0.1) is 0 Å². The molecule has 2 aromatic carbocycles. The van der Waals surface area contributed by atoms with E-state index in [1.165, 1.54) is 0 Å². The van der Waals surface area contributed by atoms with Crippen LogP contribution < -0.4 is 9.47 Å². The normalized spacial score (nSPS) is 10.1. The predicted octanol–water partition coefficient (Wildman–Crippen LogP) is 3.54. The molecule has 2 aromatic rings. The van der Waals surface area contributed by atoms with Gasteiger partial charge in [0.05, 0.1) is 14.2 Å². The molecule has 0 amide bonds. The zero-order valence-corrected chi connectivity index (χ0v) is 12.8. The van der Waals surface area contributed by atoms with Gasteiger partial charge in [0.1, 0.15) is 11.5 Å². The molecule has 0 radical (unpaired) electrons. The number of halogens is 1. The number of methoxy groups -OCH3 is 2. The molecule has 4 heteroatoms. The van der Waals surface area contributed by atoms with E-state index in [0.717, 1.165) is 3.57 Å². The summed E-state index contributed by atoms with van der Waals surface area (Å²) in [5.41, 5.74) is 1.21. The summed E-state index contributed by atoms with van der Waals surface area (Å²) in [6, 6.07) is 12.6. The lowest BCUT2D eigenvalue weighted by molar-refractivity contribution is 0.103. The van der Waals surface area contributed by atoms with Crippen molar-refractivity contribution in [1.29, 1.82) is 0 Å². The van der Waals surface area contributed by atoms with Crippen LogP contribution in [0.3, 0.4) is 0 Å². The van der Waals surface area contributed by atoms with Crippen molar-refractivity contribution in [3.05, 3.63) is 57.2 Å². The lowest BCUT2D eigenvalue weighted by Crippen LogP contribution is -2.02. The molecule has 0 saturated carbocycles. The standard InChI is InChI=1S/C15H13IO3/c1-18-13-7-11(8-14(9-13)19-2)15(17)10-4-3-5-12(16)6-10/h3-9H,1-2H3. The Morgan fingerprint density at radius 1 is 0.947 bits per heavy atom. The topological polar surface area (TPSA) is 35.5 Å². The molecule has 0 aliphatic carbocycles. The Morgan fingerprint density at radius 3 is 2.11 bits per heavy atom. The van der Waals surface area contributed by atoms with Crippen molar-refractivity contribution in [2.24, 2.45) is 0 Å². The van der Waals surface area contributed by atoms with Gasteiger partial charge >= 0.3 is 0 Å². The zero-order chi connectivity index (χ0) is 13.8. The van der Waals surface area contributed by atoms with E-state index in [4.69, 9.17) is 9.47 Å². The fraction of sp³-hybridized carbons (Fsp3) is 0.133. The summed E-state index contributed by atoms with van der Waals surface area (Å²) in [6.45, 7) is 0. The van der Waals surface area contributed by atoms with Gasteiger partial charge in [-0.2, -0.15) is 0 Å². The van der Waals surface area contributed by atoms with Crippen molar-refractivity contribution in [1.82, 2.24) is 0 Å². The summed E-state index contributed by atoms with van der Waals surface area (Å²) in [7, 11) is 3.13. The van der Waals surface area contributed by atoms with Gasteiger partial charge in [-0.05, 0) is 46.9 Å². The molecule has 98 valence electrons. The van der Waals surface area contributed by atoms with Gasteiger partial charge in [0.25, 0.3) is 0 Å². The van der Waals surface area contributed by atoms with Gasteiger partial charge in [0, 0.05) is 20.8 Å². The van der Waals surface area contributed by atoms with Crippen LogP contribution in [0.25, 0.3) is 0 Å². The van der Waals surface area contributed by atoms with Gasteiger partial charge in [-0.1, -0.05) is 12.1 Å². The van der Waals surface area contributed by atoms with Crippen molar-refractivity contribution in [2.45, 2.75) is 0 Å². The van der Waals surface area contributed by atoms with Crippen LogP contribution in [0.2, 0.25) is 0 Å². The molecule has 0 unspecified atom stereocenters. The van der Waals surface area contributed by atoms with E-state index in [1.807, 2.05) is 18.2 Å². The second kappa shape index (κ2) is 6.06. The van der Waals surface area contributed by atoms with Crippen LogP contribution in [0, 0.1) is 3.57 Å². The van der Waals surface area contributed by atoms with E-state index in [2.05, 4.69) is 22.6 Å². The van der Waals surface area contributed by atoms with Crippen molar-refractivity contribution < 1.29 is 14.3 Å². The molecule has 0 aliphatic rings. The van der Waals surface area contributed by atoms with Crippen LogP contribution in [0.4, 0.5) is 0 Å². The van der Waals surface area contributed by atoms with Crippen LogP contribution in [0.5, 0.6) is 11.5 Å². The fourth-order valence-electron chi connectivity index (χ4n) is 1.73. The largest absolute Gasteiger partial charge is 0.497 e. The Bertz CT molecular complexity index is 586. The Morgan fingerprint density at radius 2 is 1.58 bits per heavy atom. The van der Waals surface area contributed by atoms with Crippen LogP contribution in [0.15, 0.2) is 42.5 Å². The summed E-state index contributed by atoms with van der Waals surface area (Å²) >= 11 is 2.18. The highest BCUT2D eigenvalue weighted by Gasteiger charge is 2.12. The molecule has 2 rings (SSSR count). The van der Waals surface area contributed by atoms with Gasteiger partial charge < -0.3 is 9.47 Å². The smallest absolute Gasteiger partial charge is 0.193 e. The van der Waals surface area contributed by atoms with Gasteiger partial charge in [0.2, 0.25) is 0 Å². The van der Waals surface area contributed by atoms with Gasteiger partial charge in [-0.25, -0.2) is 0 Å². The molecule has 0 aromatic heterocycles. The first-order valence-electron chi connectivity index (χ1n) is 5.67. The Labute approximate surface area is 125 Å². The highest BCUT2D eigenvalue weighted by Crippen LogP contribution is 2.24. The number of hydrogen-bond donors (Lipinski definition) is 0. The van der Waals surface area contributed by atoms with Gasteiger partial charge in [0.15, 0.2) is 5.78 Å². The number of carbonyl (C=O) groups is 1. The third-order valence-corrected chi connectivity index (χ3v) is 3.37. The van der Waals surface area contributed by atoms with E-state index in [0.29, 0.717) is 22.6 Å². The maximum Gasteiger partial charge on any atom is 0.193 e. The van der Waals surface area contributed by atoms with Crippen molar-refractivity contribution in [2.75, 3.05) is 14.2 Å². The van der Waals surface area contributed by atoms with E-state index >= 15 is 0 Å². The lowest BCUT2D eigenvalue weighted by Gasteiger charge is -2.08. The second-order valence-corrected chi connectivity index (χ2v) is 5.19. The highest BCUT2D eigenvalue weighted by molar-refractivity contribution is 14.1. The number of carbonyl (C=O) groups excluding carboxylic acids is 1. The SMILES string of the molecule is COc1cc(OC)cc(C(=O)c2cccc(I)c2)c1. The third-order valence-electron chi connectivity index (χ3n) is 2.70.